The molecule has 0 fully saturated rings. The fourth-order valence-electron chi connectivity index (χ4n) is 2.30. The van der Waals surface area contributed by atoms with E-state index in [1.807, 2.05) is 30.3 Å². The molecular formula is C19H16ClNO4S. The maximum atomic E-state index is 12.2. The van der Waals surface area contributed by atoms with Gasteiger partial charge in [-0.2, -0.15) is 0 Å². The van der Waals surface area contributed by atoms with Gasteiger partial charge in [0.15, 0.2) is 17.2 Å². The van der Waals surface area contributed by atoms with E-state index in [1.165, 1.54) is 11.3 Å². The SMILES string of the molecule is COc1ccc(-c2nc(C(=O)OCc3ccccc3Cl)cs2)cc1OC. The molecule has 0 bridgehead atoms. The second-order valence-electron chi connectivity index (χ2n) is 5.28. The summed E-state index contributed by atoms with van der Waals surface area (Å²) in [5.74, 6) is 0.739. The number of hydrogen-bond acceptors (Lipinski definition) is 6. The van der Waals surface area contributed by atoms with E-state index in [2.05, 4.69) is 4.98 Å². The van der Waals surface area contributed by atoms with Gasteiger partial charge in [-0.15, -0.1) is 11.3 Å². The lowest BCUT2D eigenvalue weighted by atomic mass is 10.2. The van der Waals surface area contributed by atoms with Gasteiger partial charge in [-0.3, -0.25) is 0 Å². The quantitative estimate of drug-likeness (QED) is 0.565. The molecule has 0 saturated heterocycles. The van der Waals surface area contributed by atoms with Crippen LogP contribution >= 0.6 is 22.9 Å². The minimum Gasteiger partial charge on any atom is -0.493 e. The zero-order valence-corrected chi connectivity index (χ0v) is 15.8. The predicted molar refractivity (Wildman–Crippen MR) is 101 cm³/mol. The lowest BCUT2D eigenvalue weighted by Crippen LogP contribution is -2.06. The Bertz CT molecular complexity index is 925. The van der Waals surface area contributed by atoms with Crippen molar-refractivity contribution in [2.75, 3.05) is 14.2 Å². The summed E-state index contributed by atoms with van der Waals surface area (Å²) in [7, 11) is 3.15. The van der Waals surface area contributed by atoms with Crippen molar-refractivity contribution in [1.29, 1.82) is 0 Å². The number of nitrogens with zero attached hydrogens (tertiary/aromatic N) is 1. The molecule has 0 saturated carbocycles. The van der Waals surface area contributed by atoms with Gasteiger partial charge >= 0.3 is 5.97 Å². The Balaban J connectivity index is 1.73. The molecule has 0 atom stereocenters. The van der Waals surface area contributed by atoms with E-state index in [0.29, 0.717) is 21.5 Å². The van der Waals surface area contributed by atoms with E-state index in [0.717, 1.165) is 11.1 Å². The van der Waals surface area contributed by atoms with Gasteiger partial charge in [0, 0.05) is 21.5 Å². The van der Waals surface area contributed by atoms with E-state index in [4.69, 9.17) is 25.8 Å². The summed E-state index contributed by atoms with van der Waals surface area (Å²) in [6.07, 6.45) is 0. The molecule has 0 amide bonds. The second kappa shape index (κ2) is 8.21. The van der Waals surface area contributed by atoms with E-state index in [-0.39, 0.29) is 12.3 Å². The second-order valence-corrected chi connectivity index (χ2v) is 6.54. The molecule has 134 valence electrons. The van der Waals surface area contributed by atoms with Gasteiger partial charge in [0.05, 0.1) is 14.2 Å². The molecule has 7 heteroatoms. The van der Waals surface area contributed by atoms with Crippen molar-refractivity contribution < 1.29 is 19.0 Å². The highest BCUT2D eigenvalue weighted by molar-refractivity contribution is 7.13. The maximum absolute atomic E-state index is 12.2. The van der Waals surface area contributed by atoms with Crippen LogP contribution in [0.15, 0.2) is 47.8 Å². The van der Waals surface area contributed by atoms with Crippen molar-refractivity contribution in [2.45, 2.75) is 6.61 Å². The van der Waals surface area contributed by atoms with Gasteiger partial charge in [0.2, 0.25) is 0 Å². The number of thiazole rings is 1. The summed E-state index contributed by atoms with van der Waals surface area (Å²) >= 11 is 7.42. The Labute approximate surface area is 160 Å². The number of ether oxygens (including phenoxy) is 3. The van der Waals surface area contributed by atoms with Crippen LogP contribution in [0.1, 0.15) is 16.1 Å². The number of carbonyl (C=O) groups excluding carboxylic acids is 1. The summed E-state index contributed by atoms with van der Waals surface area (Å²) in [6, 6.07) is 12.7. The summed E-state index contributed by atoms with van der Waals surface area (Å²) in [6.45, 7) is 0.0989. The molecule has 2 aromatic carbocycles. The lowest BCUT2D eigenvalue weighted by molar-refractivity contribution is 0.0467. The molecule has 0 unspecified atom stereocenters. The summed E-state index contributed by atoms with van der Waals surface area (Å²) in [5, 5.41) is 2.92. The molecule has 1 heterocycles. The van der Waals surface area contributed by atoms with Gasteiger partial charge in [-0.05, 0) is 24.3 Å². The molecule has 0 spiro atoms. The highest BCUT2D eigenvalue weighted by atomic mass is 35.5. The number of rotatable bonds is 6. The zero-order chi connectivity index (χ0) is 18.5. The lowest BCUT2D eigenvalue weighted by Gasteiger charge is -2.08. The third kappa shape index (κ3) is 3.98. The largest absolute Gasteiger partial charge is 0.493 e. The van der Waals surface area contributed by atoms with Crippen LogP contribution in [-0.2, 0) is 11.3 Å². The Morgan fingerprint density at radius 3 is 2.62 bits per heavy atom. The van der Waals surface area contributed by atoms with Crippen LogP contribution < -0.4 is 9.47 Å². The molecule has 26 heavy (non-hydrogen) atoms. The van der Waals surface area contributed by atoms with E-state index in [1.54, 1.807) is 31.7 Å². The monoisotopic (exact) mass is 389 g/mol. The van der Waals surface area contributed by atoms with Gasteiger partial charge in [0.25, 0.3) is 0 Å². The predicted octanol–water partition coefficient (Wildman–Crippen LogP) is 4.84. The van der Waals surface area contributed by atoms with Crippen LogP contribution in [0.2, 0.25) is 5.02 Å². The first kappa shape index (κ1) is 18.2. The third-order valence-electron chi connectivity index (χ3n) is 3.66. The molecular weight excluding hydrogens is 374 g/mol. The first-order chi connectivity index (χ1) is 12.6. The molecule has 3 rings (SSSR count). The zero-order valence-electron chi connectivity index (χ0n) is 14.2. The van der Waals surface area contributed by atoms with Crippen LogP contribution in [0.4, 0.5) is 0 Å². The number of halogens is 1. The Morgan fingerprint density at radius 2 is 1.88 bits per heavy atom. The number of benzene rings is 2. The van der Waals surface area contributed by atoms with Crippen molar-refractivity contribution in [1.82, 2.24) is 4.98 Å². The minimum absolute atomic E-state index is 0.0989. The molecule has 0 radical (unpaired) electrons. The topological polar surface area (TPSA) is 57.7 Å². The molecule has 0 aliphatic rings. The smallest absolute Gasteiger partial charge is 0.358 e. The molecule has 3 aromatic rings. The summed E-state index contributed by atoms with van der Waals surface area (Å²) in [4.78, 5) is 16.6. The first-order valence-corrected chi connectivity index (χ1v) is 8.96. The van der Waals surface area contributed by atoms with Crippen LogP contribution in [0.25, 0.3) is 10.6 Å². The summed E-state index contributed by atoms with van der Waals surface area (Å²) < 4.78 is 15.8. The standard InChI is InChI=1S/C19H16ClNO4S/c1-23-16-8-7-12(9-17(16)24-2)18-21-15(11-26-18)19(22)25-10-13-5-3-4-6-14(13)20/h3-9,11H,10H2,1-2H3. The van der Waals surface area contributed by atoms with E-state index < -0.39 is 5.97 Å². The van der Waals surface area contributed by atoms with Gasteiger partial charge in [0.1, 0.15) is 11.6 Å². The number of carbonyl (C=O) groups is 1. The highest BCUT2D eigenvalue weighted by Gasteiger charge is 2.15. The number of methoxy groups -OCH3 is 2. The first-order valence-electron chi connectivity index (χ1n) is 7.71. The van der Waals surface area contributed by atoms with Gasteiger partial charge in [-0.1, -0.05) is 29.8 Å². The van der Waals surface area contributed by atoms with Gasteiger partial charge in [-0.25, -0.2) is 9.78 Å². The van der Waals surface area contributed by atoms with Crippen molar-refractivity contribution >= 4 is 28.9 Å². The Morgan fingerprint density at radius 1 is 1.12 bits per heavy atom. The number of hydrogen-bond donors (Lipinski definition) is 0. The molecule has 1 aromatic heterocycles. The average Bonchev–Trinajstić information content (AvgIpc) is 3.17. The normalized spacial score (nSPS) is 10.4. The molecule has 0 aliphatic heterocycles. The number of aromatic nitrogens is 1. The van der Waals surface area contributed by atoms with Gasteiger partial charge < -0.3 is 14.2 Å². The van der Waals surface area contributed by atoms with Crippen molar-refractivity contribution in [3.05, 3.63) is 64.1 Å². The van der Waals surface area contributed by atoms with Crippen molar-refractivity contribution in [3.8, 4) is 22.1 Å². The molecule has 5 nitrogen and oxygen atoms in total. The van der Waals surface area contributed by atoms with Crippen LogP contribution in [0.5, 0.6) is 11.5 Å². The summed E-state index contributed by atoms with van der Waals surface area (Å²) in [5.41, 5.74) is 1.84. The average molecular weight is 390 g/mol. The van der Waals surface area contributed by atoms with Crippen molar-refractivity contribution in [2.24, 2.45) is 0 Å². The Hall–Kier alpha value is -2.57. The van der Waals surface area contributed by atoms with Crippen LogP contribution in [-0.4, -0.2) is 25.2 Å². The number of esters is 1. The van der Waals surface area contributed by atoms with Crippen LogP contribution in [0.3, 0.4) is 0 Å². The third-order valence-corrected chi connectivity index (χ3v) is 4.92. The molecule has 0 aliphatic carbocycles. The van der Waals surface area contributed by atoms with Crippen LogP contribution in [0, 0.1) is 0 Å². The highest BCUT2D eigenvalue weighted by Crippen LogP contribution is 2.33. The fraction of sp³-hybridized carbons (Fsp3) is 0.158. The van der Waals surface area contributed by atoms with E-state index >= 15 is 0 Å². The Kier molecular flexibility index (Phi) is 5.75. The molecule has 0 N–H and O–H groups in total. The maximum Gasteiger partial charge on any atom is 0.358 e. The fourth-order valence-corrected chi connectivity index (χ4v) is 3.28. The van der Waals surface area contributed by atoms with E-state index in [9.17, 15) is 4.79 Å². The van der Waals surface area contributed by atoms with Crippen molar-refractivity contribution in [3.63, 3.8) is 0 Å². The minimum atomic E-state index is -0.493.